The zero-order valence-corrected chi connectivity index (χ0v) is 9.70. The van der Waals surface area contributed by atoms with E-state index in [0.717, 1.165) is 12.1 Å². The Morgan fingerprint density at radius 3 is 2.44 bits per heavy atom. The Bertz CT molecular complexity index is 454. The van der Waals surface area contributed by atoms with Gasteiger partial charge in [0.15, 0.2) is 0 Å². The van der Waals surface area contributed by atoms with Crippen LogP contribution >= 0.6 is 0 Å². The number of nitrogens with one attached hydrogen (secondary N) is 1. The minimum Gasteiger partial charge on any atom is -0.382 e. The Morgan fingerprint density at radius 1 is 1.25 bits per heavy atom. The molecule has 0 fully saturated rings. The first-order valence-corrected chi connectivity index (χ1v) is 5.54. The van der Waals surface area contributed by atoms with Crippen molar-refractivity contribution < 1.29 is 0 Å². The molecule has 0 saturated carbocycles. The average molecular weight is 215 g/mol. The summed E-state index contributed by atoms with van der Waals surface area (Å²) in [4.78, 5) is 0. The fourth-order valence-corrected chi connectivity index (χ4v) is 1.71. The molecule has 0 spiro atoms. The summed E-state index contributed by atoms with van der Waals surface area (Å²) in [6.07, 6.45) is 0.850. The van der Waals surface area contributed by atoms with Gasteiger partial charge in [-0.15, -0.1) is 0 Å². The summed E-state index contributed by atoms with van der Waals surface area (Å²) in [6.45, 7) is 4.40. The number of nitrogens with two attached hydrogens (primary N) is 1. The van der Waals surface area contributed by atoms with Crippen LogP contribution in [0.4, 0.5) is 5.82 Å². The highest BCUT2D eigenvalue weighted by atomic mass is 15.1. The van der Waals surface area contributed by atoms with Crippen molar-refractivity contribution in [1.29, 1.82) is 0 Å². The molecule has 3 nitrogen and oxygen atoms in total. The number of hydrogen-bond acceptors (Lipinski definition) is 2. The van der Waals surface area contributed by atoms with Gasteiger partial charge in [0.2, 0.25) is 0 Å². The van der Waals surface area contributed by atoms with Gasteiger partial charge < -0.3 is 5.73 Å². The molecule has 1 heterocycles. The fourth-order valence-electron chi connectivity index (χ4n) is 1.71. The van der Waals surface area contributed by atoms with Gasteiger partial charge in [-0.3, -0.25) is 5.10 Å². The molecule has 0 aliphatic carbocycles. The van der Waals surface area contributed by atoms with Gasteiger partial charge in [0.25, 0.3) is 0 Å². The lowest BCUT2D eigenvalue weighted by Gasteiger charge is -2.06. The number of nitrogens with zero attached hydrogens (tertiary/aromatic N) is 1. The Balaban J connectivity index is 2.11. The number of aromatic amines is 1. The van der Waals surface area contributed by atoms with E-state index < -0.39 is 0 Å². The Labute approximate surface area is 95.7 Å². The normalized spacial score (nSPS) is 10.9. The highest BCUT2D eigenvalue weighted by Crippen LogP contribution is 2.16. The quantitative estimate of drug-likeness (QED) is 0.827. The molecule has 0 atom stereocenters. The van der Waals surface area contributed by atoms with Gasteiger partial charge in [-0.25, -0.2) is 0 Å². The van der Waals surface area contributed by atoms with Crippen LogP contribution < -0.4 is 5.73 Å². The van der Waals surface area contributed by atoms with E-state index in [1.807, 2.05) is 6.07 Å². The van der Waals surface area contributed by atoms with E-state index in [-0.39, 0.29) is 0 Å². The van der Waals surface area contributed by atoms with Crippen molar-refractivity contribution >= 4 is 5.82 Å². The predicted octanol–water partition coefficient (Wildman–Crippen LogP) is 2.71. The van der Waals surface area contributed by atoms with E-state index in [0.29, 0.717) is 11.7 Å². The van der Waals surface area contributed by atoms with Crippen molar-refractivity contribution in [3.8, 4) is 0 Å². The molecule has 0 unspecified atom stereocenters. The van der Waals surface area contributed by atoms with Crippen LogP contribution in [0.25, 0.3) is 0 Å². The molecule has 0 bridgehead atoms. The third kappa shape index (κ3) is 2.42. The van der Waals surface area contributed by atoms with Crippen molar-refractivity contribution in [3.05, 3.63) is 47.2 Å². The minimum atomic E-state index is 0.550. The molecular formula is C13H17N3. The summed E-state index contributed by atoms with van der Waals surface area (Å²) in [5.41, 5.74) is 9.24. The summed E-state index contributed by atoms with van der Waals surface area (Å²) >= 11 is 0. The van der Waals surface area contributed by atoms with E-state index >= 15 is 0 Å². The molecule has 1 aromatic carbocycles. The third-order valence-electron chi connectivity index (χ3n) is 2.69. The van der Waals surface area contributed by atoms with Crippen molar-refractivity contribution in [2.24, 2.45) is 0 Å². The zero-order chi connectivity index (χ0) is 11.5. The van der Waals surface area contributed by atoms with Crippen molar-refractivity contribution in [2.45, 2.75) is 26.2 Å². The van der Waals surface area contributed by atoms with Crippen LogP contribution in [0.1, 0.15) is 36.6 Å². The topological polar surface area (TPSA) is 54.7 Å². The summed E-state index contributed by atoms with van der Waals surface area (Å²) in [6, 6.07) is 10.6. The second-order valence-electron chi connectivity index (χ2n) is 4.39. The predicted molar refractivity (Wildman–Crippen MR) is 66.3 cm³/mol. The lowest BCUT2D eigenvalue weighted by Crippen LogP contribution is -1.91. The van der Waals surface area contributed by atoms with Crippen molar-refractivity contribution in [3.63, 3.8) is 0 Å². The molecular weight excluding hydrogens is 198 g/mol. The SMILES string of the molecule is CC(C)c1ccc(Cc2cc(N)n[nH]2)cc1. The van der Waals surface area contributed by atoms with Crippen LogP contribution in [0.3, 0.4) is 0 Å². The smallest absolute Gasteiger partial charge is 0.145 e. The highest BCUT2D eigenvalue weighted by molar-refractivity contribution is 5.33. The molecule has 0 aliphatic rings. The molecule has 3 heteroatoms. The summed E-state index contributed by atoms with van der Waals surface area (Å²) < 4.78 is 0. The number of H-pyrrole nitrogens is 1. The van der Waals surface area contributed by atoms with Crippen molar-refractivity contribution in [2.75, 3.05) is 5.73 Å². The van der Waals surface area contributed by atoms with Crippen LogP contribution in [0.5, 0.6) is 0 Å². The Hall–Kier alpha value is -1.77. The van der Waals surface area contributed by atoms with Crippen LogP contribution in [0.2, 0.25) is 0 Å². The Morgan fingerprint density at radius 2 is 1.94 bits per heavy atom. The second kappa shape index (κ2) is 4.39. The molecule has 3 N–H and O–H groups in total. The molecule has 0 amide bonds. The number of aromatic nitrogens is 2. The number of nitrogen functional groups attached to an aromatic ring is 1. The molecule has 16 heavy (non-hydrogen) atoms. The zero-order valence-electron chi connectivity index (χ0n) is 9.70. The average Bonchev–Trinajstić information content (AvgIpc) is 2.65. The van der Waals surface area contributed by atoms with Gasteiger partial charge in [-0.05, 0) is 17.0 Å². The second-order valence-corrected chi connectivity index (χ2v) is 4.39. The minimum absolute atomic E-state index is 0.550. The maximum absolute atomic E-state index is 5.55. The van der Waals surface area contributed by atoms with Crippen LogP contribution in [0.15, 0.2) is 30.3 Å². The van der Waals surface area contributed by atoms with Crippen molar-refractivity contribution in [1.82, 2.24) is 10.2 Å². The monoisotopic (exact) mass is 215 g/mol. The largest absolute Gasteiger partial charge is 0.382 e. The summed E-state index contributed by atoms with van der Waals surface area (Å²) in [5, 5.41) is 6.83. The first-order chi connectivity index (χ1) is 7.65. The first-order valence-electron chi connectivity index (χ1n) is 5.54. The van der Waals surface area contributed by atoms with Gasteiger partial charge >= 0.3 is 0 Å². The first kappa shape index (κ1) is 10.7. The van der Waals surface area contributed by atoms with Crippen LogP contribution in [-0.2, 0) is 6.42 Å². The molecule has 1 aromatic heterocycles. The summed E-state index contributed by atoms with van der Waals surface area (Å²) in [7, 11) is 0. The van der Waals surface area contributed by atoms with E-state index in [1.165, 1.54) is 11.1 Å². The highest BCUT2D eigenvalue weighted by Gasteiger charge is 2.01. The molecule has 2 rings (SSSR count). The lowest BCUT2D eigenvalue weighted by molar-refractivity contribution is 0.865. The fraction of sp³-hybridized carbons (Fsp3) is 0.308. The number of hydrogen-bond donors (Lipinski definition) is 2. The maximum atomic E-state index is 5.55. The maximum Gasteiger partial charge on any atom is 0.145 e. The van der Waals surface area contributed by atoms with Gasteiger partial charge in [0.05, 0.1) is 0 Å². The van der Waals surface area contributed by atoms with E-state index in [4.69, 9.17) is 5.73 Å². The van der Waals surface area contributed by atoms with E-state index in [2.05, 4.69) is 48.3 Å². The van der Waals surface area contributed by atoms with Crippen LogP contribution in [0, 0.1) is 0 Å². The van der Waals surface area contributed by atoms with Crippen LogP contribution in [-0.4, -0.2) is 10.2 Å². The third-order valence-corrected chi connectivity index (χ3v) is 2.69. The molecule has 84 valence electrons. The number of anilines is 1. The lowest BCUT2D eigenvalue weighted by atomic mass is 10.0. The van der Waals surface area contributed by atoms with Gasteiger partial charge in [0.1, 0.15) is 5.82 Å². The molecule has 0 radical (unpaired) electrons. The van der Waals surface area contributed by atoms with E-state index in [1.54, 1.807) is 0 Å². The molecule has 0 aliphatic heterocycles. The molecule has 2 aromatic rings. The van der Waals surface area contributed by atoms with Gasteiger partial charge in [-0.1, -0.05) is 38.1 Å². The standard InChI is InChI=1S/C13H17N3/c1-9(2)11-5-3-10(4-6-11)7-12-8-13(14)16-15-12/h3-6,8-9H,7H2,1-2H3,(H3,14,15,16). The van der Waals surface area contributed by atoms with Gasteiger partial charge in [0, 0.05) is 18.2 Å². The summed E-state index contributed by atoms with van der Waals surface area (Å²) in [5.74, 6) is 1.13. The number of rotatable bonds is 3. The Kier molecular flexibility index (Phi) is 2.95. The molecule has 0 saturated heterocycles. The van der Waals surface area contributed by atoms with E-state index in [9.17, 15) is 0 Å². The number of benzene rings is 1. The van der Waals surface area contributed by atoms with Gasteiger partial charge in [-0.2, -0.15) is 5.10 Å².